The van der Waals surface area contributed by atoms with Gasteiger partial charge in [0.15, 0.2) is 0 Å². The fourth-order valence-corrected chi connectivity index (χ4v) is 8.30. The lowest BCUT2D eigenvalue weighted by Crippen LogP contribution is -2.69. The van der Waals surface area contributed by atoms with Crippen LogP contribution in [0.15, 0.2) is 34.9 Å². The highest BCUT2D eigenvalue weighted by atomic mass is 16.5. The Morgan fingerprint density at radius 2 is 1.64 bits per heavy atom. The molecule has 0 bridgehead atoms. The Labute approximate surface area is 250 Å². The Morgan fingerprint density at radius 1 is 1.05 bits per heavy atom. The maximum Gasteiger partial charge on any atom is 0.303 e. The number of aliphatic carboxylic acids is 3. The summed E-state index contributed by atoms with van der Waals surface area (Å²) >= 11 is 0. The van der Waals surface area contributed by atoms with Crippen molar-refractivity contribution in [3.63, 3.8) is 0 Å². The Balaban J connectivity index is 0.000000343. The minimum Gasteiger partial charge on any atom is -0.481 e. The van der Waals surface area contributed by atoms with Crippen molar-refractivity contribution >= 4 is 17.9 Å². The average molecular weight is 589 g/mol. The molecule has 42 heavy (non-hydrogen) atoms. The van der Waals surface area contributed by atoms with Gasteiger partial charge in [0.25, 0.3) is 5.97 Å². The van der Waals surface area contributed by atoms with E-state index in [0.717, 1.165) is 25.7 Å². The Hall–Kier alpha value is -2.45. The first-order valence-electron chi connectivity index (χ1n) is 15.6. The molecule has 1 saturated heterocycles. The lowest BCUT2D eigenvalue weighted by Gasteiger charge is -2.67. The van der Waals surface area contributed by atoms with Crippen molar-refractivity contribution < 1.29 is 39.5 Å². The van der Waals surface area contributed by atoms with Crippen LogP contribution in [0.1, 0.15) is 112 Å². The van der Waals surface area contributed by atoms with Crippen LogP contribution in [0.2, 0.25) is 0 Å². The molecule has 1 saturated carbocycles. The second kappa shape index (κ2) is 13.0. The van der Waals surface area contributed by atoms with Crippen molar-refractivity contribution in [3.8, 4) is 0 Å². The molecule has 5 rings (SSSR count). The maximum absolute atomic E-state index is 10.7. The van der Waals surface area contributed by atoms with Crippen LogP contribution < -0.4 is 0 Å². The first-order valence-corrected chi connectivity index (χ1v) is 15.6. The Bertz CT molecular complexity index is 1110. The number of hydrogen-bond acceptors (Lipinski definition) is 5. The largest absolute Gasteiger partial charge is 0.481 e. The molecular formula is C34H52O8. The summed E-state index contributed by atoms with van der Waals surface area (Å²) in [5.41, 5.74) is 6.62. The number of carboxylic acids is 3. The number of ether oxygens (including phenoxy) is 1. The molecule has 0 aromatic heterocycles. The van der Waals surface area contributed by atoms with Gasteiger partial charge < -0.3 is 25.2 Å². The number of hydrogen-bond donors (Lipinski definition) is 4. The van der Waals surface area contributed by atoms with Crippen LogP contribution >= 0.6 is 0 Å². The van der Waals surface area contributed by atoms with E-state index in [1.54, 1.807) is 16.7 Å². The molecule has 0 aromatic carbocycles. The van der Waals surface area contributed by atoms with Crippen molar-refractivity contribution in [2.75, 3.05) is 0 Å². The van der Waals surface area contributed by atoms with Gasteiger partial charge in [-0.05, 0) is 103 Å². The van der Waals surface area contributed by atoms with E-state index >= 15 is 0 Å². The molecule has 6 atom stereocenters. The van der Waals surface area contributed by atoms with Gasteiger partial charge >= 0.3 is 11.9 Å². The van der Waals surface area contributed by atoms with Crippen molar-refractivity contribution in [1.29, 1.82) is 0 Å². The molecular weight excluding hydrogens is 536 g/mol. The molecule has 0 amide bonds. The van der Waals surface area contributed by atoms with Crippen LogP contribution in [0.25, 0.3) is 0 Å². The summed E-state index contributed by atoms with van der Waals surface area (Å²) in [6.07, 6.45) is 12.6. The van der Waals surface area contributed by atoms with Crippen LogP contribution in [0.5, 0.6) is 0 Å². The van der Waals surface area contributed by atoms with Crippen LogP contribution in [0, 0.1) is 28.6 Å². The molecule has 236 valence electrons. The van der Waals surface area contributed by atoms with Gasteiger partial charge in [0.2, 0.25) is 0 Å². The minimum atomic E-state index is -1.08. The summed E-state index contributed by atoms with van der Waals surface area (Å²) in [6, 6.07) is 0. The quantitative estimate of drug-likeness (QED) is 0.228. The topological polar surface area (TPSA) is 141 Å². The smallest absolute Gasteiger partial charge is 0.303 e. The zero-order valence-electron chi connectivity index (χ0n) is 26.4. The minimum absolute atomic E-state index is 0.0477. The van der Waals surface area contributed by atoms with Crippen LogP contribution in [0.3, 0.4) is 0 Å². The number of aliphatic hydroxyl groups is 1. The predicted molar refractivity (Wildman–Crippen MR) is 161 cm³/mol. The lowest BCUT2D eigenvalue weighted by atomic mass is 9.47. The number of rotatable bonds is 8. The second-order valence-corrected chi connectivity index (χ2v) is 14.0. The standard InChI is InChI=1S/C28H42O2.C4H6O4.C2H4O2/c1-17(2)18(3)8-7-9-19-10-12-21-20-11-13-23-26(4,5)24(29)14-15-28(23)25(20)22(30-28)16-27(19,21)6;5-3(6)1-2-4(7)8;1-2(3)4/h12,17,19,22-24,29H,3,7-11,13-16H2,1-2,4-6H3;1-2H2,(H,5,6)(H,7,8);1H3,(H,3,4)/t19-,22?,23?,24-,27?,28?;;/m0../s1. The molecule has 1 heterocycles. The van der Waals surface area contributed by atoms with Crippen LogP contribution in [0.4, 0.5) is 0 Å². The number of allylic oxidation sites excluding steroid dienone is 4. The highest BCUT2D eigenvalue weighted by molar-refractivity contribution is 5.75. The molecule has 5 aliphatic rings. The van der Waals surface area contributed by atoms with Gasteiger partial charge in [0, 0.05) is 6.92 Å². The van der Waals surface area contributed by atoms with E-state index in [1.807, 2.05) is 0 Å². The molecule has 0 radical (unpaired) electrons. The van der Waals surface area contributed by atoms with Gasteiger partial charge in [0.05, 0.1) is 30.7 Å². The normalized spacial score (nSPS) is 33.3. The Morgan fingerprint density at radius 3 is 2.19 bits per heavy atom. The second-order valence-electron chi connectivity index (χ2n) is 14.0. The summed E-state index contributed by atoms with van der Waals surface area (Å²) in [6.45, 7) is 17.0. The highest BCUT2D eigenvalue weighted by Gasteiger charge is 2.67. The summed E-state index contributed by atoms with van der Waals surface area (Å²) in [5.74, 6) is -1.16. The summed E-state index contributed by atoms with van der Waals surface area (Å²) in [4.78, 5) is 28.3. The van der Waals surface area contributed by atoms with E-state index in [4.69, 9.17) is 24.9 Å². The average Bonchev–Trinajstić information content (AvgIpc) is 3.20. The molecule has 4 aliphatic carbocycles. The van der Waals surface area contributed by atoms with E-state index < -0.39 is 17.9 Å². The van der Waals surface area contributed by atoms with Gasteiger partial charge in [0.1, 0.15) is 0 Å². The monoisotopic (exact) mass is 588 g/mol. The van der Waals surface area contributed by atoms with Gasteiger partial charge in [-0.3, -0.25) is 14.4 Å². The first kappa shape index (κ1) is 34.0. The maximum atomic E-state index is 10.7. The van der Waals surface area contributed by atoms with Gasteiger partial charge in [-0.2, -0.15) is 0 Å². The van der Waals surface area contributed by atoms with E-state index in [-0.39, 0.29) is 30.0 Å². The van der Waals surface area contributed by atoms with Crippen LogP contribution in [-0.4, -0.2) is 56.1 Å². The number of fused-ring (bicyclic) bond motifs is 2. The van der Waals surface area contributed by atoms with E-state index in [2.05, 4.69) is 47.3 Å². The highest BCUT2D eigenvalue weighted by Crippen LogP contribution is 2.69. The third kappa shape index (κ3) is 6.70. The van der Waals surface area contributed by atoms with Crippen molar-refractivity contribution in [1.82, 2.24) is 0 Å². The zero-order valence-corrected chi connectivity index (χ0v) is 26.4. The van der Waals surface area contributed by atoms with E-state index in [9.17, 15) is 14.7 Å². The van der Waals surface area contributed by atoms with Gasteiger partial charge in [-0.1, -0.05) is 52.8 Å². The van der Waals surface area contributed by atoms with Crippen LogP contribution in [-0.2, 0) is 19.1 Å². The van der Waals surface area contributed by atoms with Crippen molar-refractivity contribution in [3.05, 3.63) is 34.9 Å². The molecule has 8 nitrogen and oxygen atoms in total. The molecule has 2 fully saturated rings. The summed E-state index contributed by atoms with van der Waals surface area (Å²) in [7, 11) is 0. The van der Waals surface area contributed by atoms with E-state index in [0.29, 0.717) is 23.4 Å². The summed E-state index contributed by atoms with van der Waals surface area (Å²) in [5, 5.41) is 33.9. The third-order valence-corrected chi connectivity index (χ3v) is 10.7. The van der Waals surface area contributed by atoms with Crippen molar-refractivity contribution in [2.45, 2.75) is 130 Å². The fourth-order valence-electron chi connectivity index (χ4n) is 8.30. The lowest BCUT2D eigenvalue weighted by molar-refractivity contribution is -0.248. The molecule has 0 aromatic rings. The third-order valence-electron chi connectivity index (χ3n) is 10.7. The van der Waals surface area contributed by atoms with Gasteiger partial charge in [-0.25, -0.2) is 0 Å². The molecule has 1 aliphatic heterocycles. The molecule has 1 spiro atoms. The predicted octanol–water partition coefficient (Wildman–Crippen LogP) is 6.78. The molecule has 8 heteroatoms. The zero-order chi connectivity index (χ0) is 31.6. The molecule has 4 unspecified atom stereocenters. The SMILES string of the molecule is C=C(CCC[C@H]1CC=C2C3=C4C(CC21C)OC41CC[C@H](O)C(C)(C)C1CC3)C(C)C.CC(=O)O.O=C(O)CCC(=O)O. The van der Waals surface area contributed by atoms with Crippen molar-refractivity contribution in [2.24, 2.45) is 28.6 Å². The summed E-state index contributed by atoms with van der Waals surface area (Å²) < 4.78 is 6.88. The number of aliphatic hydroxyl groups excluding tert-OH is 1. The Kier molecular flexibility index (Phi) is 10.6. The number of carbonyl (C=O) groups is 3. The van der Waals surface area contributed by atoms with Gasteiger partial charge in [-0.15, -0.1) is 0 Å². The fraction of sp³-hybridized carbons (Fsp3) is 0.735. The van der Waals surface area contributed by atoms with E-state index in [1.165, 1.54) is 50.5 Å². The number of carboxylic acid groups (broad SMARTS) is 3. The molecule has 4 N–H and O–H groups in total. The first-order chi connectivity index (χ1) is 19.5.